The lowest BCUT2D eigenvalue weighted by atomic mass is 9.99. The van der Waals surface area contributed by atoms with Crippen molar-refractivity contribution in [2.75, 3.05) is 19.8 Å². The first-order valence-corrected chi connectivity index (χ1v) is 32.6. The highest BCUT2D eigenvalue weighted by atomic mass is 16.7. The zero-order valence-corrected chi connectivity index (χ0v) is 50.1. The number of aliphatic hydroxyl groups is 5. The molecule has 6 N–H and O–H groups in total. The lowest BCUT2D eigenvalue weighted by Gasteiger charge is -2.40. The molecule has 0 bridgehead atoms. The summed E-state index contributed by atoms with van der Waals surface area (Å²) in [5, 5.41) is 54.2. The van der Waals surface area contributed by atoms with Crippen molar-refractivity contribution in [1.82, 2.24) is 5.32 Å². The van der Waals surface area contributed by atoms with E-state index in [1.54, 1.807) is 6.08 Å². The van der Waals surface area contributed by atoms with Gasteiger partial charge >= 0.3 is 5.97 Å². The third-order valence-corrected chi connectivity index (χ3v) is 15.1. The Labute approximate surface area is 478 Å². The average molecular weight is 1100 g/mol. The van der Waals surface area contributed by atoms with E-state index >= 15 is 0 Å². The summed E-state index contributed by atoms with van der Waals surface area (Å²) < 4.78 is 16.7. The van der Waals surface area contributed by atoms with Crippen molar-refractivity contribution >= 4 is 11.9 Å². The van der Waals surface area contributed by atoms with E-state index in [1.165, 1.54) is 161 Å². The molecule has 0 aromatic heterocycles. The van der Waals surface area contributed by atoms with Crippen LogP contribution in [-0.4, -0.2) is 100 Å². The molecule has 1 fully saturated rings. The van der Waals surface area contributed by atoms with Crippen molar-refractivity contribution in [2.24, 2.45) is 0 Å². The van der Waals surface area contributed by atoms with Gasteiger partial charge in [0, 0.05) is 12.8 Å². The van der Waals surface area contributed by atoms with Crippen molar-refractivity contribution < 1.29 is 49.3 Å². The number of hydrogen-bond acceptors (Lipinski definition) is 10. The molecule has 1 saturated heterocycles. The molecule has 0 aromatic rings. The van der Waals surface area contributed by atoms with Gasteiger partial charge < -0.3 is 45.1 Å². The SMILES string of the molecule is CC/C=C/CC/C=C/CC/C=C/C(O)C(COC1OC(CO)C(O)C(O)C1O)NC(=O)CCCCCCCCC/C=C\C/C=C\CCCCCCCCCCCOC(=O)CCCCCCCCCCCCCCCCCCC. The summed E-state index contributed by atoms with van der Waals surface area (Å²) in [4.78, 5) is 25.1. The highest BCUT2D eigenvalue weighted by Crippen LogP contribution is 2.23. The lowest BCUT2D eigenvalue weighted by molar-refractivity contribution is -0.302. The number of allylic oxidation sites excluding steroid dienone is 9. The number of ether oxygens (including phenoxy) is 3. The zero-order chi connectivity index (χ0) is 56.6. The standard InChI is InChI=1S/C67H121NO10/c1-3-5-7-9-11-13-15-16-17-25-29-32-35-39-43-47-51-55-63(72)76-56-52-48-44-40-36-33-30-27-24-22-20-18-19-21-23-26-28-31-34-38-42-46-50-54-62(71)68-59(58-77-67-66(75)65(74)64(73)61(57-69)78-67)60(70)53-49-45-41-37-14-12-10-8-6-4-2/h6,8,14,18,20-21,23,37,49,53,59-61,64-67,69-70,73-75H,3-5,7,9-13,15-17,19,22,24-36,38-48,50-52,54-58H2,1-2H3,(H,68,71)/b8-6+,20-18-,23-21-,37-14+,53-49+. The molecule has 78 heavy (non-hydrogen) atoms. The van der Waals surface area contributed by atoms with Crippen LogP contribution in [-0.2, 0) is 23.8 Å². The summed E-state index contributed by atoms with van der Waals surface area (Å²) in [6.45, 7) is 4.20. The number of carbonyl (C=O) groups excluding carboxylic acids is 2. The molecule has 1 aliphatic rings. The van der Waals surface area contributed by atoms with Gasteiger partial charge in [0.15, 0.2) is 6.29 Å². The van der Waals surface area contributed by atoms with E-state index in [9.17, 15) is 35.1 Å². The molecule has 7 atom stereocenters. The molecule has 7 unspecified atom stereocenters. The van der Waals surface area contributed by atoms with Crippen molar-refractivity contribution in [3.05, 3.63) is 60.8 Å². The summed E-state index contributed by atoms with van der Waals surface area (Å²) in [6, 6.07) is -0.842. The Morgan fingerprint density at radius 3 is 1.40 bits per heavy atom. The topological polar surface area (TPSA) is 175 Å². The molecule has 11 nitrogen and oxygen atoms in total. The van der Waals surface area contributed by atoms with E-state index in [0.29, 0.717) is 25.9 Å². The summed E-state index contributed by atoms with van der Waals surface area (Å²) in [6.07, 6.45) is 63.5. The predicted octanol–water partition coefficient (Wildman–Crippen LogP) is 15.8. The van der Waals surface area contributed by atoms with Crippen LogP contribution in [0.5, 0.6) is 0 Å². The molecule has 0 aromatic carbocycles. The molecule has 0 aliphatic carbocycles. The molecule has 1 rings (SSSR count). The maximum atomic E-state index is 13.0. The van der Waals surface area contributed by atoms with Crippen molar-refractivity contribution in [3.63, 3.8) is 0 Å². The van der Waals surface area contributed by atoms with Gasteiger partial charge in [-0.2, -0.15) is 0 Å². The molecule has 1 heterocycles. The average Bonchev–Trinajstić information content (AvgIpc) is 3.44. The van der Waals surface area contributed by atoms with Gasteiger partial charge in [0.05, 0.1) is 32.0 Å². The fourth-order valence-electron chi connectivity index (χ4n) is 9.98. The highest BCUT2D eigenvalue weighted by molar-refractivity contribution is 5.76. The summed E-state index contributed by atoms with van der Waals surface area (Å²) >= 11 is 0. The van der Waals surface area contributed by atoms with Crippen LogP contribution in [0.3, 0.4) is 0 Å². The normalized spacial score (nSPS) is 18.9. The van der Waals surface area contributed by atoms with E-state index in [-0.39, 0.29) is 18.5 Å². The molecular formula is C67H121NO10. The number of unbranched alkanes of at least 4 members (excludes halogenated alkanes) is 34. The molecule has 0 radical (unpaired) electrons. The number of nitrogens with one attached hydrogen (secondary N) is 1. The smallest absolute Gasteiger partial charge is 0.305 e. The molecule has 0 spiro atoms. The van der Waals surface area contributed by atoms with Crippen LogP contribution in [0.1, 0.15) is 290 Å². The Morgan fingerprint density at radius 2 is 0.910 bits per heavy atom. The van der Waals surface area contributed by atoms with Crippen molar-refractivity contribution in [2.45, 2.75) is 333 Å². The monoisotopic (exact) mass is 1100 g/mol. The fourth-order valence-corrected chi connectivity index (χ4v) is 9.98. The van der Waals surface area contributed by atoms with Crippen molar-refractivity contribution in [3.8, 4) is 0 Å². The van der Waals surface area contributed by atoms with Crippen LogP contribution in [0, 0.1) is 0 Å². The van der Waals surface area contributed by atoms with Gasteiger partial charge in [-0.05, 0) is 83.5 Å². The summed E-state index contributed by atoms with van der Waals surface area (Å²) in [5.41, 5.74) is 0. The Hall–Kier alpha value is -2.64. The number of aliphatic hydroxyl groups excluding tert-OH is 5. The van der Waals surface area contributed by atoms with Crippen LogP contribution in [0.2, 0.25) is 0 Å². The largest absolute Gasteiger partial charge is 0.466 e. The first-order chi connectivity index (χ1) is 38.2. The second-order valence-electron chi connectivity index (χ2n) is 22.4. The van der Waals surface area contributed by atoms with Gasteiger partial charge in [0.1, 0.15) is 24.4 Å². The minimum atomic E-state index is -1.58. The predicted molar refractivity (Wildman–Crippen MR) is 324 cm³/mol. The van der Waals surface area contributed by atoms with Gasteiger partial charge in [-0.15, -0.1) is 0 Å². The lowest BCUT2D eigenvalue weighted by Crippen LogP contribution is -2.60. The minimum Gasteiger partial charge on any atom is -0.466 e. The summed E-state index contributed by atoms with van der Waals surface area (Å²) in [5.74, 6) is -0.212. The van der Waals surface area contributed by atoms with Gasteiger partial charge in [0.25, 0.3) is 0 Å². The van der Waals surface area contributed by atoms with Crippen LogP contribution in [0.15, 0.2) is 60.8 Å². The minimum absolute atomic E-state index is 0.00203. The van der Waals surface area contributed by atoms with Gasteiger partial charge in [-0.3, -0.25) is 9.59 Å². The number of esters is 1. The van der Waals surface area contributed by atoms with E-state index in [4.69, 9.17) is 14.2 Å². The Bertz CT molecular complexity index is 1480. The van der Waals surface area contributed by atoms with Crippen LogP contribution < -0.4 is 5.32 Å². The van der Waals surface area contributed by atoms with Gasteiger partial charge in [0.2, 0.25) is 5.91 Å². The Balaban J connectivity index is 2.00. The number of hydrogen-bond donors (Lipinski definition) is 6. The second kappa shape index (κ2) is 56.2. The molecule has 0 saturated carbocycles. The Morgan fingerprint density at radius 1 is 0.487 bits per heavy atom. The molecule has 11 heteroatoms. The first kappa shape index (κ1) is 73.4. The number of amides is 1. The third-order valence-electron chi connectivity index (χ3n) is 15.1. The van der Waals surface area contributed by atoms with Gasteiger partial charge in [-0.1, -0.05) is 254 Å². The van der Waals surface area contributed by atoms with Crippen molar-refractivity contribution in [1.29, 1.82) is 0 Å². The van der Waals surface area contributed by atoms with E-state index in [0.717, 1.165) is 96.3 Å². The van der Waals surface area contributed by atoms with Crippen LogP contribution >= 0.6 is 0 Å². The summed E-state index contributed by atoms with van der Waals surface area (Å²) in [7, 11) is 0. The third kappa shape index (κ3) is 45.0. The van der Waals surface area contributed by atoms with Crippen LogP contribution in [0.4, 0.5) is 0 Å². The van der Waals surface area contributed by atoms with E-state index < -0.39 is 49.5 Å². The molecule has 1 amide bonds. The molecular weight excluding hydrogens is 979 g/mol. The van der Waals surface area contributed by atoms with Crippen LogP contribution in [0.25, 0.3) is 0 Å². The first-order valence-electron chi connectivity index (χ1n) is 32.6. The number of rotatable bonds is 56. The maximum absolute atomic E-state index is 13.0. The molecule has 454 valence electrons. The maximum Gasteiger partial charge on any atom is 0.305 e. The fraction of sp³-hybridized carbons (Fsp3) is 0.821. The second-order valence-corrected chi connectivity index (χ2v) is 22.4. The quantitative estimate of drug-likeness (QED) is 0.0195. The zero-order valence-electron chi connectivity index (χ0n) is 50.1. The van der Waals surface area contributed by atoms with Gasteiger partial charge in [-0.25, -0.2) is 0 Å². The van der Waals surface area contributed by atoms with E-state index in [1.807, 2.05) is 6.08 Å². The number of carbonyl (C=O) groups is 2. The Kier molecular flexibility index (Phi) is 52.9. The highest BCUT2D eigenvalue weighted by Gasteiger charge is 2.44. The van der Waals surface area contributed by atoms with E-state index in [2.05, 4.69) is 67.8 Å². The molecule has 1 aliphatic heterocycles.